The fourth-order valence-corrected chi connectivity index (χ4v) is 1.99. The zero-order valence-corrected chi connectivity index (χ0v) is 12.3. The Morgan fingerprint density at radius 2 is 2.11 bits per heavy atom. The lowest BCUT2D eigenvalue weighted by Crippen LogP contribution is -2.39. The van der Waals surface area contributed by atoms with Crippen molar-refractivity contribution in [2.45, 2.75) is 13.8 Å². The third-order valence-corrected chi connectivity index (χ3v) is 3.06. The Morgan fingerprint density at radius 1 is 1.44 bits per heavy atom. The lowest BCUT2D eigenvalue weighted by atomic mass is 9.92. The van der Waals surface area contributed by atoms with Gasteiger partial charge in [0, 0.05) is 23.8 Å². The standard InChI is InChI=1S/C13H16BrN3O/c1-13(2,12(18)16-3)8-17-11-5-9(7-15)4-10(14)6-11/h4-6,17H,8H2,1-3H3,(H,16,18). The summed E-state index contributed by atoms with van der Waals surface area (Å²) in [6.45, 7) is 4.22. The molecule has 1 amide bonds. The highest BCUT2D eigenvalue weighted by molar-refractivity contribution is 9.10. The minimum Gasteiger partial charge on any atom is -0.384 e. The van der Waals surface area contributed by atoms with Crippen molar-refractivity contribution in [2.75, 3.05) is 18.9 Å². The smallest absolute Gasteiger partial charge is 0.227 e. The quantitative estimate of drug-likeness (QED) is 0.898. The summed E-state index contributed by atoms with van der Waals surface area (Å²) in [6.07, 6.45) is 0. The van der Waals surface area contributed by atoms with Crippen LogP contribution in [-0.2, 0) is 4.79 Å². The highest BCUT2D eigenvalue weighted by Crippen LogP contribution is 2.21. The van der Waals surface area contributed by atoms with Crippen molar-refractivity contribution in [2.24, 2.45) is 5.41 Å². The van der Waals surface area contributed by atoms with E-state index in [0.717, 1.165) is 10.2 Å². The number of hydrogen-bond acceptors (Lipinski definition) is 3. The first kappa shape index (κ1) is 14.5. The van der Waals surface area contributed by atoms with Crippen LogP contribution in [-0.4, -0.2) is 19.5 Å². The lowest BCUT2D eigenvalue weighted by molar-refractivity contribution is -0.128. The van der Waals surface area contributed by atoms with Gasteiger partial charge < -0.3 is 10.6 Å². The summed E-state index contributed by atoms with van der Waals surface area (Å²) in [6, 6.07) is 7.47. The van der Waals surface area contributed by atoms with Gasteiger partial charge in [0.15, 0.2) is 0 Å². The molecule has 0 fully saturated rings. The van der Waals surface area contributed by atoms with Gasteiger partial charge >= 0.3 is 0 Å². The van der Waals surface area contributed by atoms with Crippen LogP contribution in [0.5, 0.6) is 0 Å². The molecule has 18 heavy (non-hydrogen) atoms. The first-order chi connectivity index (χ1) is 8.39. The predicted molar refractivity (Wildman–Crippen MR) is 75.2 cm³/mol. The summed E-state index contributed by atoms with van der Waals surface area (Å²) >= 11 is 3.35. The average molecular weight is 310 g/mol. The van der Waals surface area contributed by atoms with E-state index in [2.05, 4.69) is 32.6 Å². The molecule has 0 atom stereocenters. The number of nitrogens with one attached hydrogen (secondary N) is 2. The largest absolute Gasteiger partial charge is 0.384 e. The fourth-order valence-electron chi connectivity index (χ4n) is 1.50. The molecule has 5 heteroatoms. The summed E-state index contributed by atoms with van der Waals surface area (Å²) in [5.74, 6) is -0.0227. The number of nitrogens with zero attached hydrogens (tertiary/aromatic N) is 1. The summed E-state index contributed by atoms with van der Waals surface area (Å²) in [7, 11) is 1.62. The van der Waals surface area contributed by atoms with E-state index in [9.17, 15) is 4.79 Å². The molecule has 4 nitrogen and oxygen atoms in total. The second kappa shape index (κ2) is 5.87. The molecular weight excluding hydrogens is 294 g/mol. The molecule has 0 aliphatic rings. The SMILES string of the molecule is CNC(=O)C(C)(C)CNc1cc(Br)cc(C#N)c1. The molecule has 1 aromatic rings. The molecule has 0 radical (unpaired) electrons. The van der Waals surface area contributed by atoms with Gasteiger partial charge in [-0.05, 0) is 32.0 Å². The predicted octanol–water partition coefficient (Wildman–Crippen LogP) is 2.50. The maximum absolute atomic E-state index is 11.6. The maximum atomic E-state index is 11.6. The first-order valence-electron chi connectivity index (χ1n) is 5.56. The van der Waals surface area contributed by atoms with Crippen LogP contribution in [0.3, 0.4) is 0 Å². The summed E-state index contributed by atoms with van der Waals surface area (Å²) in [5.41, 5.74) is 0.881. The number of hydrogen-bond donors (Lipinski definition) is 2. The monoisotopic (exact) mass is 309 g/mol. The van der Waals surface area contributed by atoms with E-state index in [4.69, 9.17) is 5.26 Å². The lowest BCUT2D eigenvalue weighted by Gasteiger charge is -2.23. The summed E-state index contributed by atoms with van der Waals surface area (Å²) in [4.78, 5) is 11.6. The van der Waals surface area contributed by atoms with Gasteiger partial charge in [0.1, 0.15) is 0 Å². The highest BCUT2D eigenvalue weighted by atomic mass is 79.9. The Hall–Kier alpha value is -1.54. The molecule has 0 heterocycles. The van der Waals surface area contributed by atoms with E-state index in [-0.39, 0.29) is 5.91 Å². The van der Waals surface area contributed by atoms with Crippen molar-refractivity contribution >= 4 is 27.5 Å². The molecule has 0 spiro atoms. The van der Waals surface area contributed by atoms with Crippen LogP contribution in [0.4, 0.5) is 5.69 Å². The van der Waals surface area contributed by atoms with E-state index >= 15 is 0 Å². The van der Waals surface area contributed by atoms with Crippen LogP contribution < -0.4 is 10.6 Å². The average Bonchev–Trinajstić information content (AvgIpc) is 2.34. The Kier molecular flexibility index (Phi) is 4.74. The molecule has 0 unspecified atom stereocenters. The Labute approximate surface area is 116 Å². The third-order valence-electron chi connectivity index (χ3n) is 2.60. The van der Waals surface area contributed by atoms with Crippen molar-refractivity contribution in [3.05, 3.63) is 28.2 Å². The van der Waals surface area contributed by atoms with Gasteiger partial charge in [0.2, 0.25) is 5.91 Å². The van der Waals surface area contributed by atoms with Crippen molar-refractivity contribution in [3.63, 3.8) is 0 Å². The zero-order chi connectivity index (χ0) is 13.8. The number of nitriles is 1. The van der Waals surface area contributed by atoms with Gasteiger partial charge in [0.25, 0.3) is 0 Å². The van der Waals surface area contributed by atoms with Gasteiger partial charge in [-0.2, -0.15) is 5.26 Å². The van der Waals surface area contributed by atoms with Crippen molar-refractivity contribution in [1.82, 2.24) is 5.32 Å². The van der Waals surface area contributed by atoms with Gasteiger partial charge in [0.05, 0.1) is 17.0 Å². The van der Waals surface area contributed by atoms with Gasteiger partial charge in [-0.25, -0.2) is 0 Å². The molecule has 0 aliphatic heterocycles. The molecule has 2 N–H and O–H groups in total. The Bertz CT molecular complexity index is 491. The Morgan fingerprint density at radius 3 is 2.67 bits per heavy atom. The van der Waals surface area contributed by atoms with Crippen LogP contribution in [0.25, 0.3) is 0 Å². The normalized spacial score (nSPS) is 10.6. The molecule has 0 saturated carbocycles. The number of amides is 1. The summed E-state index contributed by atoms with van der Waals surface area (Å²) < 4.78 is 0.835. The molecule has 1 aromatic carbocycles. The number of carbonyl (C=O) groups excluding carboxylic acids is 1. The number of rotatable bonds is 4. The van der Waals surface area contributed by atoms with Crippen molar-refractivity contribution in [3.8, 4) is 6.07 Å². The molecular formula is C13H16BrN3O. The van der Waals surface area contributed by atoms with Crippen LogP contribution >= 0.6 is 15.9 Å². The van der Waals surface area contributed by atoms with Crippen LogP contribution in [0.15, 0.2) is 22.7 Å². The van der Waals surface area contributed by atoms with Crippen LogP contribution in [0.1, 0.15) is 19.4 Å². The molecule has 0 aromatic heterocycles. The van der Waals surface area contributed by atoms with E-state index in [1.807, 2.05) is 19.9 Å². The minimum atomic E-state index is -0.510. The van der Waals surface area contributed by atoms with Gasteiger partial charge in [-0.1, -0.05) is 15.9 Å². The first-order valence-corrected chi connectivity index (χ1v) is 6.35. The molecule has 0 aliphatic carbocycles. The van der Waals surface area contributed by atoms with Gasteiger partial charge in [-0.3, -0.25) is 4.79 Å². The second-order valence-electron chi connectivity index (χ2n) is 4.66. The van der Waals surface area contributed by atoms with E-state index in [1.165, 1.54) is 0 Å². The van der Waals surface area contributed by atoms with Crippen molar-refractivity contribution in [1.29, 1.82) is 5.26 Å². The second-order valence-corrected chi connectivity index (χ2v) is 5.57. The molecule has 96 valence electrons. The molecule has 0 saturated heterocycles. The zero-order valence-electron chi connectivity index (χ0n) is 10.7. The fraction of sp³-hybridized carbons (Fsp3) is 0.385. The maximum Gasteiger partial charge on any atom is 0.227 e. The number of halogens is 1. The van der Waals surface area contributed by atoms with Crippen molar-refractivity contribution < 1.29 is 4.79 Å². The van der Waals surface area contributed by atoms with E-state index in [1.54, 1.807) is 19.2 Å². The van der Waals surface area contributed by atoms with Crippen LogP contribution in [0, 0.1) is 16.7 Å². The highest BCUT2D eigenvalue weighted by Gasteiger charge is 2.26. The van der Waals surface area contributed by atoms with E-state index in [0.29, 0.717) is 12.1 Å². The molecule has 1 rings (SSSR count). The number of anilines is 1. The number of carbonyl (C=O) groups is 1. The topological polar surface area (TPSA) is 64.9 Å². The van der Waals surface area contributed by atoms with Crippen LogP contribution in [0.2, 0.25) is 0 Å². The number of benzene rings is 1. The Balaban J connectivity index is 2.78. The minimum absolute atomic E-state index is 0.0227. The van der Waals surface area contributed by atoms with Gasteiger partial charge in [-0.15, -0.1) is 0 Å². The van der Waals surface area contributed by atoms with E-state index < -0.39 is 5.41 Å². The third kappa shape index (κ3) is 3.74. The summed E-state index contributed by atoms with van der Waals surface area (Å²) in [5, 5.41) is 14.7. The molecule has 0 bridgehead atoms.